The number of anilines is 1. The molecule has 21 heavy (non-hydrogen) atoms. The first kappa shape index (κ1) is 13.4. The minimum absolute atomic E-state index is 0.319. The van der Waals surface area contributed by atoms with Crippen LogP contribution in [0.4, 0.5) is 10.1 Å². The molecule has 0 unspecified atom stereocenters. The second-order valence-corrected chi connectivity index (χ2v) is 4.79. The van der Waals surface area contributed by atoms with E-state index in [0.717, 1.165) is 22.3 Å². The van der Waals surface area contributed by atoms with Gasteiger partial charge in [-0.15, -0.1) is 0 Å². The number of nitrogens with zero attached hydrogens (tertiary/aromatic N) is 2. The van der Waals surface area contributed by atoms with Crippen LogP contribution in [0.1, 0.15) is 5.69 Å². The molecule has 0 aliphatic carbocycles. The molecule has 108 valence electrons. The number of nitrogens with one attached hydrogen (secondary N) is 1. The van der Waals surface area contributed by atoms with Crippen molar-refractivity contribution < 1.29 is 9.13 Å². The molecular weight excluding hydrogens is 269 g/mol. The fourth-order valence-corrected chi connectivity index (χ4v) is 2.41. The molecule has 2 aromatic carbocycles. The first-order valence-corrected chi connectivity index (χ1v) is 6.67. The van der Waals surface area contributed by atoms with Crippen molar-refractivity contribution in [3.8, 4) is 5.75 Å². The van der Waals surface area contributed by atoms with Gasteiger partial charge in [-0.3, -0.25) is 4.68 Å². The number of fused-ring (bicyclic) bond motifs is 1. The van der Waals surface area contributed by atoms with Crippen LogP contribution in [-0.4, -0.2) is 16.9 Å². The number of rotatable bonds is 4. The Kier molecular flexibility index (Phi) is 3.48. The second kappa shape index (κ2) is 5.44. The van der Waals surface area contributed by atoms with Gasteiger partial charge in [0.25, 0.3) is 0 Å². The van der Waals surface area contributed by atoms with Gasteiger partial charge in [-0.25, -0.2) is 4.39 Å². The summed E-state index contributed by atoms with van der Waals surface area (Å²) in [6.45, 7) is 0.545. The number of benzene rings is 2. The maximum absolute atomic E-state index is 13.2. The molecule has 0 aliphatic heterocycles. The highest BCUT2D eigenvalue weighted by molar-refractivity contribution is 5.82. The number of ether oxygens (including phenoxy) is 1. The summed E-state index contributed by atoms with van der Waals surface area (Å²) in [6.07, 6.45) is 0. The first-order valence-electron chi connectivity index (χ1n) is 6.67. The average molecular weight is 285 g/mol. The van der Waals surface area contributed by atoms with E-state index in [1.807, 2.05) is 36.0 Å². The molecule has 0 fully saturated rings. The van der Waals surface area contributed by atoms with Crippen LogP contribution in [0.2, 0.25) is 0 Å². The van der Waals surface area contributed by atoms with Crippen molar-refractivity contribution in [1.29, 1.82) is 0 Å². The van der Waals surface area contributed by atoms with E-state index < -0.39 is 0 Å². The molecule has 5 heteroatoms. The Balaban J connectivity index is 1.87. The molecule has 0 atom stereocenters. The molecule has 0 radical (unpaired) electrons. The number of hydrogen-bond acceptors (Lipinski definition) is 3. The largest absolute Gasteiger partial charge is 0.494 e. The predicted molar refractivity (Wildman–Crippen MR) is 81.0 cm³/mol. The lowest BCUT2D eigenvalue weighted by Gasteiger charge is -2.10. The third-order valence-corrected chi connectivity index (χ3v) is 3.44. The van der Waals surface area contributed by atoms with Gasteiger partial charge in [0.05, 0.1) is 30.6 Å². The van der Waals surface area contributed by atoms with Gasteiger partial charge in [-0.05, 0) is 18.2 Å². The van der Waals surface area contributed by atoms with Crippen LogP contribution in [0.3, 0.4) is 0 Å². The number of methoxy groups -OCH3 is 1. The molecule has 1 heterocycles. The van der Waals surface area contributed by atoms with Crippen LogP contribution in [0, 0.1) is 5.82 Å². The molecule has 0 bridgehead atoms. The fraction of sp³-hybridized carbons (Fsp3) is 0.188. The molecule has 0 aliphatic rings. The summed E-state index contributed by atoms with van der Waals surface area (Å²) in [4.78, 5) is 0. The lowest BCUT2D eigenvalue weighted by molar-refractivity contribution is 0.413. The third-order valence-electron chi connectivity index (χ3n) is 3.44. The summed E-state index contributed by atoms with van der Waals surface area (Å²) >= 11 is 0. The first-order chi connectivity index (χ1) is 10.2. The summed E-state index contributed by atoms with van der Waals surface area (Å²) in [6, 6.07) is 12.5. The van der Waals surface area contributed by atoms with Gasteiger partial charge < -0.3 is 10.1 Å². The molecule has 1 N–H and O–H groups in total. The SMILES string of the molecule is COc1cc(F)ccc1NCc1nn(C)c2ccccc12. The third kappa shape index (κ3) is 2.54. The lowest BCUT2D eigenvalue weighted by Crippen LogP contribution is -2.03. The van der Waals surface area contributed by atoms with E-state index in [2.05, 4.69) is 10.4 Å². The van der Waals surface area contributed by atoms with Crippen LogP contribution >= 0.6 is 0 Å². The summed E-state index contributed by atoms with van der Waals surface area (Å²) in [7, 11) is 3.44. The maximum atomic E-state index is 13.2. The van der Waals surface area contributed by atoms with Crippen molar-refractivity contribution in [3.63, 3.8) is 0 Å². The molecule has 0 saturated carbocycles. The van der Waals surface area contributed by atoms with Gasteiger partial charge in [-0.1, -0.05) is 18.2 Å². The molecule has 3 aromatic rings. The van der Waals surface area contributed by atoms with Crippen LogP contribution in [0.5, 0.6) is 5.75 Å². The van der Waals surface area contributed by atoms with Crippen LogP contribution in [0.25, 0.3) is 10.9 Å². The van der Waals surface area contributed by atoms with Crippen molar-refractivity contribution in [2.24, 2.45) is 7.05 Å². The summed E-state index contributed by atoms with van der Waals surface area (Å²) < 4.78 is 20.2. The highest BCUT2D eigenvalue weighted by atomic mass is 19.1. The zero-order chi connectivity index (χ0) is 14.8. The predicted octanol–water partition coefficient (Wildman–Crippen LogP) is 3.33. The van der Waals surface area contributed by atoms with Gasteiger partial charge in [0.15, 0.2) is 0 Å². The van der Waals surface area contributed by atoms with Gasteiger partial charge in [0, 0.05) is 18.5 Å². The Labute approximate surface area is 122 Å². The standard InChI is InChI=1S/C16H16FN3O/c1-20-15-6-4-3-5-12(15)14(19-20)10-18-13-8-7-11(17)9-16(13)21-2/h3-9,18H,10H2,1-2H3. The normalized spacial score (nSPS) is 10.8. The average Bonchev–Trinajstić information content (AvgIpc) is 2.83. The van der Waals surface area contributed by atoms with Crippen molar-refractivity contribution in [3.05, 3.63) is 54.0 Å². The number of para-hydroxylation sites is 1. The minimum Gasteiger partial charge on any atom is -0.494 e. The molecule has 0 amide bonds. The van der Waals surface area contributed by atoms with Crippen molar-refractivity contribution in [2.75, 3.05) is 12.4 Å². The molecule has 0 saturated heterocycles. The monoisotopic (exact) mass is 285 g/mol. The van der Waals surface area contributed by atoms with Gasteiger partial charge in [0.2, 0.25) is 0 Å². The zero-order valence-electron chi connectivity index (χ0n) is 11.9. The van der Waals surface area contributed by atoms with E-state index in [4.69, 9.17) is 4.74 Å². The van der Waals surface area contributed by atoms with Crippen LogP contribution < -0.4 is 10.1 Å². The number of halogens is 1. The summed E-state index contributed by atoms with van der Waals surface area (Å²) in [5.74, 6) is 0.163. The Morgan fingerprint density at radius 3 is 2.86 bits per heavy atom. The van der Waals surface area contributed by atoms with E-state index in [1.165, 1.54) is 19.2 Å². The van der Waals surface area contributed by atoms with Gasteiger partial charge in [0.1, 0.15) is 11.6 Å². The van der Waals surface area contributed by atoms with Crippen LogP contribution in [-0.2, 0) is 13.6 Å². The highest BCUT2D eigenvalue weighted by Gasteiger charge is 2.09. The van der Waals surface area contributed by atoms with E-state index in [-0.39, 0.29) is 5.82 Å². The Bertz CT molecular complexity index is 782. The zero-order valence-corrected chi connectivity index (χ0v) is 11.9. The maximum Gasteiger partial charge on any atom is 0.144 e. The molecule has 1 aromatic heterocycles. The molecule has 4 nitrogen and oxygen atoms in total. The number of aryl methyl sites for hydroxylation is 1. The van der Waals surface area contributed by atoms with E-state index >= 15 is 0 Å². The number of aromatic nitrogens is 2. The van der Waals surface area contributed by atoms with Gasteiger partial charge in [-0.2, -0.15) is 5.10 Å². The fourth-order valence-electron chi connectivity index (χ4n) is 2.41. The Hall–Kier alpha value is -2.56. The van der Waals surface area contributed by atoms with Crippen molar-refractivity contribution in [1.82, 2.24) is 9.78 Å². The Morgan fingerprint density at radius 1 is 1.24 bits per heavy atom. The lowest BCUT2D eigenvalue weighted by atomic mass is 10.2. The van der Waals surface area contributed by atoms with Gasteiger partial charge >= 0.3 is 0 Å². The molecular formula is C16H16FN3O. The summed E-state index contributed by atoms with van der Waals surface area (Å²) in [5.41, 5.74) is 2.77. The molecule has 3 rings (SSSR count). The summed E-state index contributed by atoms with van der Waals surface area (Å²) in [5, 5.41) is 8.87. The van der Waals surface area contributed by atoms with E-state index in [9.17, 15) is 4.39 Å². The highest BCUT2D eigenvalue weighted by Crippen LogP contribution is 2.26. The number of hydrogen-bond donors (Lipinski definition) is 1. The smallest absolute Gasteiger partial charge is 0.144 e. The molecule has 0 spiro atoms. The van der Waals surface area contributed by atoms with Crippen molar-refractivity contribution in [2.45, 2.75) is 6.54 Å². The second-order valence-electron chi connectivity index (χ2n) is 4.79. The van der Waals surface area contributed by atoms with Crippen molar-refractivity contribution >= 4 is 16.6 Å². The van der Waals surface area contributed by atoms with E-state index in [0.29, 0.717) is 12.3 Å². The topological polar surface area (TPSA) is 39.1 Å². The van der Waals surface area contributed by atoms with E-state index in [1.54, 1.807) is 6.07 Å². The quantitative estimate of drug-likeness (QED) is 0.799. The Morgan fingerprint density at radius 2 is 2.05 bits per heavy atom. The minimum atomic E-state index is -0.319. The van der Waals surface area contributed by atoms with Crippen LogP contribution in [0.15, 0.2) is 42.5 Å².